The average molecular weight is 239 g/mol. The van der Waals surface area contributed by atoms with Crippen molar-refractivity contribution in [1.82, 2.24) is 15.5 Å². The first kappa shape index (κ1) is 12.1. The number of hydrogen-bond acceptors (Lipinski definition) is 3. The number of piperidine rings is 1. The zero-order valence-corrected chi connectivity index (χ0v) is 10.2. The Kier molecular flexibility index (Phi) is 3.47. The second-order valence-corrected chi connectivity index (χ2v) is 4.40. The van der Waals surface area contributed by atoms with E-state index in [9.17, 15) is 4.39 Å². The number of aromatic amines is 1. The lowest BCUT2D eigenvalue weighted by atomic mass is 10.1. The van der Waals surface area contributed by atoms with Crippen LogP contribution in [0.15, 0.2) is 6.58 Å². The molecular weight excluding hydrogens is 221 g/mol. The highest BCUT2D eigenvalue weighted by Crippen LogP contribution is 2.24. The second-order valence-electron chi connectivity index (χ2n) is 4.40. The van der Waals surface area contributed by atoms with Crippen LogP contribution in [-0.2, 0) is 4.74 Å². The lowest BCUT2D eigenvalue weighted by Gasteiger charge is -2.28. The minimum absolute atomic E-state index is 0.349. The molecule has 4 nitrogen and oxygen atoms in total. The number of halogens is 1. The fraction of sp³-hybridized carbons (Fsp3) is 0.583. The summed E-state index contributed by atoms with van der Waals surface area (Å²) < 4.78 is 19.2. The Labute approximate surface area is 100 Å². The molecule has 0 bridgehead atoms. The van der Waals surface area contributed by atoms with Crippen LogP contribution in [0, 0.1) is 13.8 Å². The van der Waals surface area contributed by atoms with Crippen LogP contribution >= 0.6 is 0 Å². The van der Waals surface area contributed by atoms with Gasteiger partial charge in [0.15, 0.2) is 0 Å². The van der Waals surface area contributed by atoms with Crippen molar-refractivity contribution in [1.29, 1.82) is 0 Å². The Hall–Kier alpha value is -1.36. The molecule has 1 aliphatic heterocycles. The lowest BCUT2D eigenvalue weighted by Crippen LogP contribution is -2.42. The highest BCUT2D eigenvalue weighted by Gasteiger charge is 2.27. The molecule has 1 aromatic heterocycles. The van der Waals surface area contributed by atoms with E-state index in [1.807, 2.05) is 13.8 Å². The van der Waals surface area contributed by atoms with Crippen LogP contribution in [0.5, 0.6) is 0 Å². The minimum atomic E-state index is -0.979. The molecule has 17 heavy (non-hydrogen) atoms. The Morgan fingerprint density at radius 2 is 2.29 bits per heavy atom. The van der Waals surface area contributed by atoms with E-state index < -0.39 is 12.3 Å². The van der Waals surface area contributed by atoms with Gasteiger partial charge in [-0.05, 0) is 26.8 Å². The number of H-pyrrole nitrogens is 1. The van der Waals surface area contributed by atoms with Crippen LogP contribution < -0.4 is 5.32 Å². The first-order chi connectivity index (χ1) is 8.09. The third-order valence-electron chi connectivity index (χ3n) is 3.05. The molecule has 2 N–H and O–H groups in total. The molecule has 0 aromatic carbocycles. The van der Waals surface area contributed by atoms with E-state index in [0.29, 0.717) is 18.7 Å². The van der Waals surface area contributed by atoms with E-state index in [2.05, 4.69) is 22.1 Å². The van der Waals surface area contributed by atoms with Crippen molar-refractivity contribution in [3.05, 3.63) is 23.5 Å². The summed E-state index contributed by atoms with van der Waals surface area (Å²) in [5.41, 5.74) is 2.59. The summed E-state index contributed by atoms with van der Waals surface area (Å²) >= 11 is 0. The summed E-state index contributed by atoms with van der Waals surface area (Å²) in [7, 11) is 0. The largest absolute Gasteiger partial charge is 0.487 e. The molecule has 94 valence electrons. The standard InChI is InChI=1S/C12H18FN3O/c1-7-12(8(2)16-15-7)9(3)17-11-4-5-14-6-10(11)13/h10-11,14H,3-6H2,1-2H3,(H,15,16). The van der Waals surface area contributed by atoms with Gasteiger partial charge >= 0.3 is 0 Å². The summed E-state index contributed by atoms with van der Waals surface area (Å²) in [5.74, 6) is 0.503. The molecule has 1 saturated heterocycles. The van der Waals surface area contributed by atoms with Crippen LogP contribution in [0.1, 0.15) is 23.4 Å². The van der Waals surface area contributed by atoms with Gasteiger partial charge in [-0.3, -0.25) is 5.10 Å². The van der Waals surface area contributed by atoms with Gasteiger partial charge in [0, 0.05) is 12.2 Å². The van der Waals surface area contributed by atoms with Crippen LogP contribution in [0.3, 0.4) is 0 Å². The van der Waals surface area contributed by atoms with Crippen molar-refractivity contribution >= 4 is 5.76 Å². The van der Waals surface area contributed by atoms with Crippen molar-refractivity contribution in [2.75, 3.05) is 13.1 Å². The van der Waals surface area contributed by atoms with Gasteiger partial charge in [0.2, 0.25) is 0 Å². The molecular formula is C12H18FN3O. The minimum Gasteiger partial charge on any atom is -0.487 e. The number of nitrogens with one attached hydrogen (secondary N) is 2. The first-order valence-corrected chi connectivity index (χ1v) is 5.82. The summed E-state index contributed by atoms with van der Waals surface area (Å²) in [5, 5.41) is 9.94. The smallest absolute Gasteiger partial charge is 0.149 e. The van der Waals surface area contributed by atoms with Crippen LogP contribution in [-0.4, -0.2) is 35.6 Å². The van der Waals surface area contributed by atoms with Gasteiger partial charge in [0.25, 0.3) is 0 Å². The van der Waals surface area contributed by atoms with E-state index in [4.69, 9.17) is 4.74 Å². The highest BCUT2D eigenvalue weighted by atomic mass is 19.1. The Balaban J connectivity index is 2.06. The second kappa shape index (κ2) is 4.87. The van der Waals surface area contributed by atoms with E-state index >= 15 is 0 Å². The summed E-state index contributed by atoms with van der Waals surface area (Å²) in [6.07, 6.45) is -0.721. The van der Waals surface area contributed by atoms with E-state index in [1.165, 1.54) is 0 Å². The fourth-order valence-corrected chi connectivity index (χ4v) is 2.13. The molecule has 0 aliphatic carbocycles. The molecule has 0 spiro atoms. The zero-order valence-electron chi connectivity index (χ0n) is 10.2. The number of aromatic nitrogens is 2. The molecule has 5 heteroatoms. The van der Waals surface area contributed by atoms with Crippen LogP contribution in [0.2, 0.25) is 0 Å². The van der Waals surface area contributed by atoms with Gasteiger partial charge in [-0.15, -0.1) is 0 Å². The number of rotatable bonds is 3. The van der Waals surface area contributed by atoms with Crippen molar-refractivity contribution in [2.24, 2.45) is 0 Å². The van der Waals surface area contributed by atoms with Crippen molar-refractivity contribution in [3.8, 4) is 0 Å². The third-order valence-corrected chi connectivity index (χ3v) is 3.05. The molecule has 1 aliphatic rings. The molecule has 0 radical (unpaired) electrons. The van der Waals surface area contributed by atoms with Gasteiger partial charge in [-0.25, -0.2) is 4.39 Å². The highest BCUT2D eigenvalue weighted by molar-refractivity contribution is 5.61. The monoisotopic (exact) mass is 239 g/mol. The quantitative estimate of drug-likeness (QED) is 0.789. The van der Waals surface area contributed by atoms with Crippen molar-refractivity contribution < 1.29 is 9.13 Å². The number of aryl methyl sites for hydroxylation is 2. The maximum Gasteiger partial charge on any atom is 0.149 e. The number of alkyl halides is 1. The summed E-state index contributed by atoms with van der Waals surface area (Å²) in [6.45, 7) is 8.79. The maximum atomic E-state index is 13.6. The maximum absolute atomic E-state index is 13.6. The Morgan fingerprint density at radius 1 is 1.53 bits per heavy atom. The van der Waals surface area contributed by atoms with Gasteiger partial charge in [0.1, 0.15) is 18.0 Å². The lowest BCUT2D eigenvalue weighted by molar-refractivity contribution is 0.0520. The number of nitrogens with zero attached hydrogens (tertiary/aromatic N) is 1. The Morgan fingerprint density at radius 3 is 2.88 bits per heavy atom. The van der Waals surface area contributed by atoms with Gasteiger partial charge < -0.3 is 10.1 Å². The fourth-order valence-electron chi connectivity index (χ4n) is 2.13. The molecule has 1 fully saturated rings. The van der Waals surface area contributed by atoms with Crippen LogP contribution in [0.4, 0.5) is 4.39 Å². The van der Waals surface area contributed by atoms with Gasteiger partial charge in [-0.1, -0.05) is 6.58 Å². The third kappa shape index (κ3) is 2.49. The molecule has 1 aromatic rings. The molecule has 2 atom stereocenters. The van der Waals surface area contributed by atoms with Crippen molar-refractivity contribution in [3.63, 3.8) is 0 Å². The van der Waals surface area contributed by atoms with Gasteiger partial charge in [0.05, 0.1) is 11.3 Å². The summed E-state index contributed by atoms with van der Waals surface area (Å²) in [4.78, 5) is 0. The van der Waals surface area contributed by atoms with E-state index in [-0.39, 0.29) is 0 Å². The molecule has 0 amide bonds. The summed E-state index contributed by atoms with van der Waals surface area (Å²) in [6, 6.07) is 0. The predicted octanol–water partition coefficient (Wildman–Crippen LogP) is 1.71. The molecule has 0 saturated carbocycles. The zero-order chi connectivity index (χ0) is 12.4. The number of ether oxygens (including phenoxy) is 1. The van der Waals surface area contributed by atoms with Crippen molar-refractivity contribution in [2.45, 2.75) is 32.5 Å². The number of hydrogen-bond donors (Lipinski definition) is 2. The van der Waals surface area contributed by atoms with E-state index in [0.717, 1.165) is 23.5 Å². The molecule has 2 heterocycles. The molecule has 2 rings (SSSR count). The molecule has 2 unspecified atom stereocenters. The first-order valence-electron chi connectivity index (χ1n) is 5.82. The predicted molar refractivity (Wildman–Crippen MR) is 64.4 cm³/mol. The Bertz CT molecular complexity index is 396. The van der Waals surface area contributed by atoms with Gasteiger partial charge in [-0.2, -0.15) is 5.10 Å². The normalized spacial score (nSPS) is 24.6. The van der Waals surface area contributed by atoms with E-state index in [1.54, 1.807) is 0 Å². The van der Waals surface area contributed by atoms with Crippen LogP contribution in [0.25, 0.3) is 5.76 Å². The average Bonchev–Trinajstić information content (AvgIpc) is 2.62. The topological polar surface area (TPSA) is 49.9 Å². The SMILES string of the molecule is C=C(OC1CCNCC1F)c1c(C)n[nH]c1C.